The van der Waals surface area contributed by atoms with Crippen LogP contribution in [-0.2, 0) is 0 Å². The SMILES string of the molecule is CCN(CC)CCN(C(=O)c1ccc(N2CCCCC2)c([N+](=O)[O-])c1)c1nc2c(C)c(Cl)ccc2s1.Cl. The molecule has 0 radical (unpaired) electrons. The summed E-state index contributed by atoms with van der Waals surface area (Å²) in [5.41, 5.74) is 2.48. The Morgan fingerprint density at radius 1 is 1.14 bits per heavy atom. The largest absolute Gasteiger partial charge is 0.366 e. The van der Waals surface area contributed by atoms with Crippen molar-refractivity contribution in [3.05, 3.63) is 56.6 Å². The molecule has 200 valence electrons. The lowest BCUT2D eigenvalue weighted by atomic mass is 10.1. The Hall–Kier alpha value is -2.46. The fourth-order valence-corrected chi connectivity index (χ4v) is 5.83. The fourth-order valence-electron chi connectivity index (χ4n) is 4.63. The second-order valence-corrected chi connectivity index (χ2v) is 10.4. The maximum absolute atomic E-state index is 13.8. The number of hydrogen-bond acceptors (Lipinski definition) is 7. The van der Waals surface area contributed by atoms with Crippen LogP contribution in [0.5, 0.6) is 0 Å². The van der Waals surface area contributed by atoms with E-state index in [1.165, 1.54) is 17.4 Å². The highest BCUT2D eigenvalue weighted by Gasteiger charge is 2.27. The van der Waals surface area contributed by atoms with Crippen LogP contribution >= 0.6 is 35.3 Å². The molecule has 4 rings (SSSR count). The summed E-state index contributed by atoms with van der Waals surface area (Å²) in [4.78, 5) is 36.1. The molecular formula is C26H33Cl2N5O3S. The van der Waals surface area contributed by atoms with Crippen molar-refractivity contribution < 1.29 is 9.72 Å². The Labute approximate surface area is 232 Å². The molecule has 1 aliphatic heterocycles. The number of aryl methyl sites for hydroxylation is 1. The number of piperidine rings is 1. The quantitative estimate of drug-likeness (QED) is 0.215. The van der Waals surface area contributed by atoms with E-state index >= 15 is 0 Å². The number of aromatic nitrogens is 1. The van der Waals surface area contributed by atoms with E-state index in [4.69, 9.17) is 16.6 Å². The zero-order valence-corrected chi connectivity index (χ0v) is 23.8. The van der Waals surface area contributed by atoms with Crippen LogP contribution in [0.4, 0.5) is 16.5 Å². The van der Waals surface area contributed by atoms with Gasteiger partial charge in [0.05, 0.1) is 15.1 Å². The number of likely N-dealkylation sites (N-methyl/N-ethyl adjacent to an activating group) is 1. The van der Waals surface area contributed by atoms with Crippen molar-refractivity contribution in [2.45, 2.75) is 40.0 Å². The van der Waals surface area contributed by atoms with Crippen molar-refractivity contribution in [3.8, 4) is 0 Å². The van der Waals surface area contributed by atoms with Crippen molar-refractivity contribution in [3.63, 3.8) is 0 Å². The summed E-state index contributed by atoms with van der Waals surface area (Å²) < 4.78 is 0.943. The predicted octanol–water partition coefficient (Wildman–Crippen LogP) is 6.57. The van der Waals surface area contributed by atoms with Crippen molar-refractivity contribution >= 4 is 68.0 Å². The van der Waals surface area contributed by atoms with Gasteiger partial charge in [-0.05, 0) is 69.1 Å². The minimum atomic E-state index is -0.385. The molecule has 0 atom stereocenters. The van der Waals surface area contributed by atoms with E-state index in [0.717, 1.165) is 61.2 Å². The first-order valence-electron chi connectivity index (χ1n) is 12.5. The zero-order valence-electron chi connectivity index (χ0n) is 21.4. The third kappa shape index (κ3) is 6.34. The van der Waals surface area contributed by atoms with Crippen molar-refractivity contribution in [1.29, 1.82) is 0 Å². The molecule has 0 spiro atoms. The maximum Gasteiger partial charge on any atom is 0.293 e. The maximum atomic E-state index is 13.8. The topological polar surface area (TPSA) is 82.8 Å². The van der Waals surface area contributed by atoms with Crippen LogP contribution in [0.15, 0.2) is 30.3 Å². The van der Waals surface area contributed by atoms with Crippen LogP contribution in [0.25, 0.3) is 10.2 Å². The van der Waals surface area contributed by atoms with Gasteiger partial charge in [-0.2, -0.15) is 0 Å². The van der Waals surface area contributed by atoms with E-state index in [1.54, 1.807) is 17.0 Å². The van der Waals surface area contributed by atoms with Crippen LogP contribution < -0.4 is 9.80 Å². The van der Waals surface area contributed by atoms with Gasteiger partial charge < -0.3 is 9.80 Å². The highest BCUT2D eigenvalue weighted by Crippen LogP contribution is 2.35. The number of hydrogen-bond donors (Lipinski definition) is 0. The number of nitro groups is 1. The molecular weight excluding hydrogens is 533 g/mol. The number of amides is 1. The van der Waals surface area contributed by atoms with Gasteiger partial charge in [0.15, 0.2) is 5.13 Å². The standard InChI is InChI=1S/C26H32ClN5O3S.ClH/c1-4-29(5-2)15-16-31(26-28-24-18(3)20(27)10-12-23(24)36-26)25(33)19-9-11-21(22(17-19)32(34)35)30-13-7-6-8-14-30;/h9-12,17H,4-8,13-16H2,1-3H3;1H. The number of halogens is 2. The summed E-state index contributed by atoms with van der Waals surface area (Å²) in [7, 11) is 0. The van der Waals surface area contributed by atoms with E-state index < -0.39 is 0 Å². The average molecular weight is 567 g/mol. The third-order valence-electron chi connectivity index (χ3n) is 6.86. The lowest BCUT2D eigenvalue weighted by Gasteiger charge is -2.28. The van der Waals surface area contributed by atoms with Crippen LogP contribution in [0, 0.1) is 17.0 Å². The number of anilines is 2. The van der Waals surface area contributed by atoms with Crippen LogP contribution in [0.2, 0.25) is 5.02 Å². The molecule has 0 aliphatic carbocycles. The second-order valence-electron chi connectivity index (χ2n) is 9.01. The minimum absolute atomic E-state index is 0. The average Bonchev–Trinajstić information content (AvgIpc) is 3.33. The Kier molecular flexibility index (Phi) is 10.1. The molecule has 0 unspecified atom stereocenters. The van der Waals surface area contributed by atoms with Gasteiger partial charge in [-0.3, -0.25) is 19.8 Å². The predicted molar refractivity (Wildman–Crippen MR) is 155 cm³/mol. The summed E-state index contributed by atoms with van der Waals surface area (Å²) in [6, 6.07) is 8.61. The van der Waals surface area contributed by atoms with E-state index in [1.807, 2.05) is 24.0 Å². The second kappa shape index (κ2) is 12.9. The van der Waals surface area contributed by atoms with E-state index in [9.17, 15) is 14.9 Å². The molecule has 2 aromatic carbocycles. The van der Waals surface area contributed by atoms with Gasteiger partial charge in [0.25, 0.3) is 11.6 Å². The molecule has 2 heterocycles. The van der Waals surface area contributed by atoms with Gasteiger partial charge in [0, 0.05) is 42.8 Å². The Morgan fingerprint density at radius 3 is 2.49 bits per heavy atom. The smallest absolute Gasteiger partial charge is 0.293 e. The fraction of sp³-hybridized carbons (Fsp3) is 0.462. The van der Waals surface area contributed by atoms with Crippen molar-refractivity contribution in [2.75, 3.05) is 49.1 Å². The molecule has 1 amide bonds. The molecule has 1 saturated heterocycles. The first kappa shape index (κ1) is 29.1. The van der Waals surface area contributed by atoms with Gasteiger partial charge in [-0.15, -0.1) is 12.4 Å². The molecule has 11 heteroatoms. The van der Waals surface area contributed by atoms with Gasteiger partial charge in [-0.25, -0.2) is 4.98 Å². The normalized spacial score (nSPS) is 13.6. The molecule has 1 aliphatic rings. The molecule has 8 nitrogen and oxygen atoms in total. The van der Waals surface area contributed by atoms with Crippen LogP contribution in [-0.4, -0.2) is 60.0 Å². The van der Waals surface area contributed by atoms with E-state index in [0.29, 0.717) is 28.9 Å². The molecule has 1 fully saturated rings. The van der Waals surface area contributed by atoms with Crippen LogP contribution in [0.1, 0.15) is 49.0 Å². The summed E-state index contributed by atoms with van der Waals surface area (Å²) in [6.45, 7) is 10.5. The Bertz CT molecular complexity index is 1260. The number of fused-ring (bicyclic) bond motifs is 1. The van der Waals surface area contributed by atoms with E-state index in [-0.39, 0.29) is 34.5 Å². The third-order valence-corrected chi connectivity index (χ3v) is 8.32. The molecule has 0 bridgehead atoms. The van der Waals surface area contributed by atoms with Gasteiger partial charge in [-0.1, -0.05) is 36.8 Å². The first-order chi connectivity index (χ1) is 17.3. The monoisotopic (exact) mass is 565 g/mol. The highest BCUT2D eigenvalue weighted by atomic mass is 35.5. The molecule has 0 N–H and O–H groups in total. The highest BCUT2D eigenvalue weighted by molar-refractivity contribution is 7.22. The molecule has 3 aromatic rings. The number of thiazole rings is 1. The number of nitro benzene ring substituents is 1. The van der Waals surface area contributed by atoms with Gasteiger partial charge >= 0.3 is 0 Å². The summed E-state index contributed by atoms with van der Waals surface area (Å²) >= 11 is 7.74. The number of nitrogens with zero attached hydrogens (tertiary/aromatic N) is 5. The Balaban J connectivity index is 0.00000380. The van der Waals surface area contributed by atoms with Gasteiger partial charge in [0.1, 0.15) is 5.69 Å². The number of rotatable bonds is 9. The minimum Gasteiger partial charge on any atom is -0.366 e. The zero-order chi connectivity index (χ0) is 25.8. The summed E-state index contributed by atoms with van der Waals surface area (Å²) in [6.07, 6.45) is 3.16. The number of carbonyl (C=O) groups is 1. The van der Waals surface area contributed by atoms with Crippen LogP contribution in [0.3, 0.4) is 0 Å². The van der Waals surface area contributed by atoms with E-state index in [2.05, 4.69) is 18.7 Å². The van der Waals surface area contributed by atoms with Crippen molar-refractivity contribution in [2.24, 2.45) is 0 Å². The molecule has 1 aromatic heterocycles. The lowest BCUT2D eigenvalue weighted by molar-refractivity contribution is -0.384. The lowest BCUT2D eigenvalue weighted by Crippen LogP contribution is -2.39. The summed E-state index contributed by atoms with van der Waals surface area (Å²) in [5.74, 6) is -0.293. The molecule has 0 saturated carbocycles. The summed E-state index contributed by atoms with van der Waals surface area (Å²) in [5, 5.41) is 13.2. The van der Waals surface area contributed by atoms with Crippen molar-refractivity contribution in [1.82, 2.24) is 9.88 Å². The Morgan fingerprint density at radius 2 is 1.84 bits per heavy atom. The molecule has 37 heavy (non-hydrogen) atoms. The van der Waals surface area contributed by atoms with Gasteiger partial charge in [0.2, 0.25) is 0 Å². The number of benzene rings is 2. The number of carbonyl (C=O) groups excluding carboxylic acids is 1. The first-order valence-corrected chi connectivity index (χ1v) is 13.7.